The summed E-state index contributed by atoms with van der Waals surface area (Å²) in [5.74, 6) is 1.96. The van der Waals surface area contributed by atoms with E-state index < -0.39 is 6.23 Å². The molecule has 6 nitrogen and oxygen atoms in total. The second-order valence-electron chi connectivity index (χ2n) is 7.13. The van der Waals surface area contributed by atoms with Crippen molar-refractivity contribution in [1.82, 2.24) is 15.2 Å². The van der Waals surface area contributed by atoms with E-state index in [2.05, 4.69) is 51.7 Å². The monoisotopic (exact) mass is 428 g/mol. The van der Waals surface area contributed by atoms with E-state index in [0.717, 1.165) is 22.8 Å². The third-order valence-electron chi connectivity index (χ3n) is 4.82. The highest BCUT2D eigenvalue weighted by atomic mass is 32.2. The number of aromatic nitrogens is 3. The van der Waals surface area contributed by atoms with Crippen LogP contribution in [-0.4, -0.2) is 21.4 Å². The van der Waals surface area contributed by atoms with Gasteiger partial charge in [0.15, 0.2) is 11.9 Å². The Kier molecular flexibility index (Phi) is 5.41. The zero-order valence-corrected chi connectivity index (χ0v) is 17.7. The molecular formula is C24H20N4O2S. The van der Waals surface area contributed by atoms with Crippen LogP contribution in [0.4, 0.5) is 5.69 Å². The van der Waals surface area contributed by atoms with Gasteiger partial charge in [0.05, 0.1) is 6.26 Å². The number of nitrogens with one attached hydrogen (secondary N) is 1. The largest absolute Gasteiger partial charge is 0.465 e. The first-order valence-corrected chi connectivity index (χ1v) is 10.9. The van der Waals surface area contributed by atoms with Gasteiger partial charge in [-0.25, -0.2) is 0 Å². The summed E-state index contributed by atoms with van der Waals surface area (Å²) in [7, 11) is 0. The molecule has 2 aromatic carbocycles. The average Bonchev–Trinajstić information content (AvgIpc) is 3.26. The maximum absolute atomic E-state index is 6.18. The first-order chi connectivity index (χ1) is 15.2. The maximum Gasteiger partial charge on any atom is 0.247 e. The lowest BCUT2D eigenvalue weighted by Crippen LogP contribution is -2.23. The summed E-state index contributed by atoms with van der Waals surface area (Å²) in [6.07, 6.45) is 4.97. The third-order valence-corrected chi connectivity index (χ3v) is 5.73. The molecule has 0 unspecified atom stereocenters. The topological polar surface area (TPSA) is 73.1 Å². The Balaban J connectivity index is 1.43. The molecule has 0 radical (unpaired) electrons. The van der Waals surface area contributed by atoms with Crippen molar-refractivity contribution in [3.63, 3.8) is 0 Å². The van der Waals surface area contributed by atoms with Gasteiger partial charge in [0.1, 0.15) is 5.76 Å². The van der Waals surface area contributed by atoms with Gasteiger partial charge < -0.3 is 14.5 Å². The smallest absolute Gasteiger partial charge is 0.247 e. The van der Waals surface area contributed by atoms with Gasteiger partial charge >= 0.3 is 0 Å². The highest BCUT2D eigenvalue weighted by Crippen LogP contribution is 2.36. The van der Waals surface area contributed by atoms with Crippen LogP contribution < -0.4 is 10.1 Å². The van der Waals surface area contributed by atoms with Crippen LogP contribution in [0.1, 0.15) is 16.9 Å². The highest BCUT2D eigenvalue weighted by molar-refractivity contribution is 7.98. The fraction of sp³-hybridized carbons (Fsp3) is 0.125. The standard InChI is InChI=1S/C24H20N4O2S/c1-16-8-10-17(11-9-16)15-31-24-26-23-22(27-28-24)19-6-2-3-7-20(19)25-21(30-23)13-12-18-5-4-14-29-18/h2-14,21,25H,15H2,1H3/b13-12+/t21-/m1/s1. The van der Waals surface area contributed by atoms with Crippen LogP contribution in [0.3, 0.4) is 0 Å². The Morgan fingerprint density at radius 1 is 1.03 bits per heavy atom. The number of aryl methyl sites for hydroxylation is 1. The molecule has 5 rings (SSSR count). The van der Waals surface area contributed by atoms with E-state index in [1.54, 1.807) is 6.26 Å². The number of anilines is 1. The molecule has 1 atom stereocenters. The predicted octanol–water partition coefficient (Wildman–Crippen LogP) is 5.58. The summed E-state index contributed by atoms with van der Waals surface area (Å²) in [5, 5.41) is 12.8. The van der Waals surface area contributed by atoms with E-state index in [4.69, 9.17) is 9.15 Å². The van der Waals surface area contributed by atoms with Crippen LogP contribution in [0.25, 0.3) is 17.3 Å². The average molecular weight is 429 g/mol. The molecule has 2 aromatic heterocycles. The van der Waals surface area contributed by atoms with Crippen molar-refractivity contribution in [2.45, 2.75) is 24.1 Å². The van der Waals surface area contributed by atoms with Crippen LogP contribution in [0, 0.1) is 6.92 Å². The zero-order chi connectivity index (χ0) is 21.0. The van der Waals surface area contributed by atoms with Gasteiger partial charge in [0.25, 0.3) is 0 Å². The molecule has 7 heteroatoms. The molecular weight excluding hydrogens is 408 g/mol. The maximum atomic E-state index is 6.18. The lowest BCUT2D eigenvalue weighted by atomic mass is 10.1. The molecule has 31 heavy (non-hydrogen) atoms. The Hall–Kier alpha value is -3.58. The van der Waals surface area contributed by atoms with Crippen LogP contribution >= 0.6 is 11.8 Å². The van der Waals surface area contributed by atoms with Crippen molar-refractivity contribution < 1.29 is 9.15 Å². The quantitative estimate of drug-likeness (QED) is 0.416. The lowest BCUT2D eigenvalue weighted by Gasteiger charge is -2.15. The van der Waals surface area contributed by atoms with Gasteiger partial charge in [-0.15, -0.1) is 10.2 Å². The molecule has 0 fully saturated rings. The van der Waals surface area contributed by atoms with Gasteiger partial charge in [-0.3, -0.25) is 0 Å². The van der Waals surface area contributed by atoms with Crippen molar-refractivity contribution in [1.29, 1.82) is 0 Å². The molecule has 0 saturated heterocycles. The van der Waals surface area contributed by atoms with E-state index in [1.165, 1.54) is 22.9 Å². The number of para-hydroxylation sites is 1. The minimum Gasteiger partial charge on any atom is -0.465 e. The van der Waals surface area contributed by atoms with Gasteiger partial charge in [0.2, 0.25) is 11.0 Å². The molecule has 0 amide bonds. The molecule has 1 N–H and O–H groups in total. The number of benzene rings is 2. The molecule has 0 aliphatic carbocycles. The SMILES string of the molecule is Cc1ccc(CSc2nnc3c(n2)O[C@H](/C=C/c2ccco2)Nc2ccccc2-3)cc1. The van der Waals surface area contributed by atoms with Crippen molar-refractivity contribution in [3.8, 4) is 17.1 Å². The molecule has 4 aromatic rings. The summed E-state index contributed by atoms with van der Waals surface area (Å²) in [4.78, 5) is 4.67. The Labute approximate surface area is 184 Å². The zero-order valence-electron chi connectivity index (χ0n) is 16.9. The van der Waals surface area contributed by atoms with Crippen LogP contribution in [0.15, 0.2) is 82.6 Å². The van der Waals surface area contributed by atoms with Gasteiger partial charge in [-0.2, -0.15) is 4.98 Å². The summed E-state index contributed by atoms with van der Waals surface area (Å²) < 4.78 is 11.6. The first kappa shape index (κ1) is 19.4. The number of furan rings is 1. The van der Waals surface area contributed by atoms with Crippen molar-refractivity contribution in [2.24, 2.45) is 0 Å². The minimum atomic E-state index is -0.431. The van der Waals surface area contributed by atoms with Gasteiger partial charge in [-0.1, -0.05) is 59.8 Å². The molecule has 1 aliphatic heterocycles. The van der Waals surface area contributed by atoms with Crippen molar-refractivity contribution >= 4 is 23.5 Å². The van der Waals surface area contributed by atoms with E-state index in [0.29, 0.717) is 16.7 Å². The fourth-order valence-corrected chi connectivity index (χ4v) is 3.95. The predicted molar refractivity (Wildman–Crippen MR) is 122 cm³/mol. The Bertz CT molecular complexity index is 1210. The molecule has 154 valence electrons. The number of fused-ring (bicyclic) bond motifs is 3. The van der Waals surface area contributed by atoms with E-state index in [1.807, 2.05) is 48.6 Å². The van der Waals surface area contributed by atoms with Crippen LogP contribution in [0.2, 0.25) is 0 Å². The summed E-state index contributed by atoms with van der Waals surface area (Å²) in [5.41, 5.74) is 4.89. The number of hydrogen-bond donors (Lipinski definition) is 1. The Morgan fingerprint density at radius 3 is 2.74 bits per heavy atom. The normalized spacial score (nSPS) is 14.9. The molecule has 0 saturated carbocycles. The minimum absolute atomic E-state index is 0.431. The molecule has 0 spiro atoms. The second-order valence-corrected chi connectivity index (χ2v) is 8.07. The van der Waals surface area contributed by atoms with Gasteiger partial charge in [-0.05, 0) is 42.8 Å². The summed E-state index contributed by atoms with van der Waals surface area (Å²) >= 11 is 1.53. The van der Waals surface area contributed by atoms with Crippen LogP contribution in [-0.2, 0) is 5.75 Å². The van der Waals surface area contributed by atoms with E-state index in [-0.39, 0.29) is 0 Å². The Morgan fingerprint density at radius 2 is 1.90 bits per heavy atom. The van der Waals surface area contributed by atoms with Crippen molar-refractivity contribution in [3.05, 3.63) is 89.9 Å². The van der Waals surface area contributed by atoms with Gasteiger partial charge in [0, 0.05) is 17.0 Å². The molecule has 3 heterocycles. The number of nitrogens with zero attached hydrogens (tertiary/aromatic N) is 3. The summed E-state index contributed by atoms with van der Waals surface area (Å²) in [6.45, 7) is 2.08. The summed E-state index contributed by atoms with van der Waals surface area (Å²) in [6, 6.07) is 20.1. The molecule has 0 bridgehead atoms. The van der Waals surface area contributed by atoms with E-state index >= 15 is 0 Å². The van der Waals surface area contributed by atoms with Crippen LogP contribution in [0.5, 0.6) is 5.88 Å². The number of thioether (sulfide) groups is 1. The second kappa shape index (κ2) is 8.65. The highest BCUT2D eigenvalue weighted by Gasteiger charge is 2.23. The lowest BCUT2D eigenvalue weighted by molar-refractivity contribution is 0.266. The third kappa shape index (κ3) is 4.46. The first-order valence-electron chi connectivity index (χ1n) is 9.92. The fourth-order valence-electron chi connectivity index (χ4n) is 3.22. The number of rotatable bonds is 5. The number of hydrogen-bond acceptors (Lipinski definition) is 7. The van der Waals surface area contributed by atoms with E-state index in [9.17, 15) is 0 Å². The molecule has 1 aliphatic rings. The number of ether oxygens (including phenoxy) is 1. The van der Waals surface area contributed by atoms with Crippen molar-refractivity contribution in [2.75, 3.05) is 5.32 Å².